The molecule has 1 rings (SSSR count). The monoisotopic (exact) mass is 207 g/mol. The molecule has 1 aromatic heterocycles. The van der Waals surface area contributed by atoms with E-state index in [1.54, 1.807) is 38.4 Å². The quantitative estimate of drug-likeness (QED) is 0.552. The van der Waals surface area contributed by atoms with Gasteiger partial charge < -0.3 is 4.74 Å². The molecule has 0 amide bonds. The van der Waals surface area contributed by atoms with Gasteiger partial charge in [-0.15, -0.1) is 0 Å². The summed E-state index contributed by atoms with van der Waals surface area (Å²) in [6, 6.07) is 3.49. The first-order valence-electron chi connectivity index (χ1n) is 4.77. The zero-order valence-electron chi connectivity index (χ0n) is 8.77. The lowest BCUT2D eigenvalue weighted by Crippen LogP contribution is -2.22. The largest absolute Gasteiger partial charge is 0.460 e. The number of hydrogen-bond donors (Lipinski definition) is 0. The molecule has 4 nitrogen and oxygen atoms in total. The van der Waals surface area contributed by atoms with Gasteiger partial charge in [0.05, 0.1) is 12.5 Å². The first-order valence-corrected chi connectivity index (χ1v) is 4.77. The molecule has 0 saturated carbocycles. The minimum absolute atomic E-state index is 0.213. The molecular weight excluding hydrogens is 194 g/mol. The van der Waals surface area contributed by atoms with Crippen molar-refractivity contribution in [2.75, 3.05) is 6.61 Å². The van der Waals surface area contributed by atoms with E-state index in [-0.39, 0.29) is 6.61 Å². The normalized spacial score (nSPS) is 11.9. The van der Waals surface area contributed by atoms with Crippen molar-refractivity contribution in [1.82, 2.24) is 4.98 Å². The third-order valence-corrected chi connectivity index (χ3v) is 2.05. The van der Waals surface area contributed by atoms with Crippen molar-refractivity contribution in [2.24, 2.45) is 0 Å². The van der Waals surface area contributed by atoms with Gasteiger partial charge in [-0.25, -0.2) is 4.79 Å². The Morgan fingerprint density at radius 1 is 1.53 bits per heavy atom. The van der Waals surface area contributed by atoms with Gasteiger partial charge in [0.2, 0.25) is 5.78 Å². The summed E-state index contributed by atoms with van der Waals surface area (Å²) in [5, 5.41) is 0. The van der Waals surface area contributed by atoms with Crippen LogP contribution in [0.2, 0.25) is 0 Å². The van der Waals surface area contributed by atoms with Crippen LogP contribution in [0.4, 0.5) is 0 Å². The van der Waals surface area contributed by atoms with Crippen LogP contribution in [0, 0.1) is 0 Å². The smallest absolute Gasteiger partial charge is 0.375 e. The number of Topliss-reactive ketones (excluding diaryl/α,β-unsaturated/α-hetero) is 1. The van der Waals surface area contributed by atoms with Crippen LogP contribution < -0.4 is 0 Å². The highest BCUT2D eigenvalue weighted by molar-refractivity contribution is 6.35. The van der Waals surface area contributed by atoms with Gasteiger partial charge >= 0.3 is 5.97 Å². The molecule has 1 atom stereocenters. The van der Waals surface area contributed by atoms with Gasteiger partial charge in [-0.2, -0.15) is 0 Å². The number of carbonyl (C=O) groups is 2. The van der Waals surface area contributed by atoms with Crippen molar-refractivity contribution in [2.45, 2.75) is 19.8 Å². The van der Waals surface area contributed by atoms with Crippen molar-refractivity contribution in [3.05, 3.63) is 30.1 Å². The first-order chi connectivity index (χ1) is 7.16. The van der Waals surface area contributed by atoms with Crippen molar-refractivity contribution < 1.29 is 14.3 Å². The Kier molecular flexibility index (Phi) is 3.97. The highest BCUT2D eigenvalue weighted by Gasteiger charge is 2.23. The number of pyridine rings is 1. The summed E-state index contributed by atoms with van der Waals surface area (Å²) in [6.45, 7) is 3.54. The molecule has 0 saturated heterocycles. The molecule has 0 aromatic carbocycles. The molecule has 0 radical (unpaired) electrons. The van der Waals surface area contributed by atoms with E-state index >= 15 is 0 Å². The zero-order chi connectivity index (χ0) is 11.3. The summed E-state index contributed by atoms with van der Waals surface area (Å²) in [7, 11) is 0. The van der Waals surface area contributed by atoms with Crippen LogP contribution in [0.3, 0.4) is 0 Å². The Labute approximate surface area is 88.3 Å². The number of esters is 1. The van der Waals surface area contributed by atoms with E-state index in [2.05, 4.69) is 9.72 Å². The van der Waals surface area contributed by atoms with E-state index in [1.807, 2.05) is 0 Å². The van der Waals surface area contributed by atoms with Crippen LogP contribution in [0.5, 0.6) is 0 Å². The van der Waals surface area contributed by atoms with Gasteiger partial charge in [0.25, 0.3) is 0 Å². The lowest BCUT2D eigenvalue weighted by Gasteiger charge is -2.08. The van der Waals surface area contributed by atoms with Crippen LogP contribution in [0.1, 0.15) is 25.3 Å². The molecular formula is C11H13NO3. The fraction of sp³-hybridized carbons (Fsp3) is 0.364. The van der Waals surface area contributed by atoms with E-state index in [0.717, 1.165) is 5.56 Å². The first kappa shape index (κ1) is 11.4. The molecule has 0 fully saturated rings. The van der Waals surface area contributed by atoms with Crippen LogP contribution in [0.15, 0.2) is 24.5 Å². The molecule has 0 spiro atoms. The molecule has 0 aliphatic heterocycles. The third-order valence-electron chi connectivity index (χ3n) is 2.05. The molecule has 4 heteroatoms. The summed E-state index contributed by atoms with van der Waals surface area (Å²) < 4.78 is 4.64. The number of rotatable bonds is 4. The molecule has 0 bridgehead atoms. The third kappa shape index (κ3) is 2.87. The topological polar surface area (TPSA) is 56.3 Å². The van der Waals surface area contributed by atoms with E-state index in [4.69, 9.17) is 0 Å². The second kappa shape index (κ2) is 5.24. The van der Waals surface area contributed by atoms with Gasteiger partial charge in [-0.05, 0) is 18.6 Å². The summed E-state index contributed by atoms with van der Waals surface area (Å²) >= 11 is 0. The molecule has 0 aliphatic carbocycles. The fourth-order valence-corrected chi connectivity index (χ4v) is 1.16. The predicted octanol–water partition coefficient (Wildman–Crippen LogP) is 1.32. The number of hydrogen-bond acceptors (Lipinski definition) is 4. The van der Waals surface area contributed by atoms with Crippen molar-refractivity contribution in [1.29, 1.82) is 0 Å². The average molecular weight is 207 g/mol. The Morgan fingerprint density at radius 3 is 2.80 bits per heavy atom. The Balaban J connectivity index is 2.73. The Hall–Kier alpha value is -1.71. The Morgan fingerprint density at radius 2 is 2.27 bits per heavy atom. The van der Waals surface area contributed by atoms with E-state index in [9.17, 15) is 9.59 Å². The summed E-state index contributed by atoms with van der Waals surface area (Å²) in [6.07, 6.45) is 3.19. The van der Waals surface area contributed by atoms with E-state index in [1.165, 1.54) is 0 Å². The molecule has 1 unspecified atom stereocenters. The fourth-order valence-electron chi connectivity index (χ4n) is 1.16. The molecule has 15 heavy (non-hydrogen) atoms. The van der Waals surface area contributed by atoms with Crippen LogP contribution in [-0.4, -0.2) is 23.3 Å². The maximum absolute atomic E-state index is 11.5. The number of nitrogens with zero attached hydrogens (tertiary/aromatic N) is 1. The molecule has 80 valence electrons. The molecule has 0 aliphatic rings. The van der Waals surface area contributed by atoms with Gasteiger partial charge in [0.15, 0.2) is 0 Å². The summed E-state index contributed by atoms with van der Waals surface area (Å²) in [4.78, 5) is 26.6. The highest BCUT2D eigenvalue weighted by Crippen LogP contribution is 2.14. The second-order valence-electron chi connectivity index (χ2n) is 3.09. The summed E-state index contributed by atoms with van der Waals surface area (Å²) in [5.74, 6) is -1.82. The standard InChI is InChI=1S/C11H13NO3/c1-3-15-11(14)10(13)8(2)9-5-4-6-12-7-9/h4-8H,3H2,1-2H3. The Bertz CT molecular complexity index is 348. The molecule has 1 heterocycles. The second-order valence-corrected chi connectivity index (χ2v) is 3.09. The predicted molar refractivity (Wildman–Crippen MR) is 54.3 cm³/mol. The average Bonchev–Trinajstić information content (AvgIpc) is 2.28. The minimum atomic E-state index is -0.783. The molecule has 0 N–H and O–H groups in total. The van der Waals surface area contributed by atoms with Gasteiger partial charge in [0, 0.05) is 12.4 Å². The maximum atomic E-state index is 11.5. The van der Waals surface area contributed by atoms with E-state index in [0.29, 0.717) is 0 Å². The number of ketones is 1. The number of carbonyl (C=O) groups excluding carboxylic acids is 2. The van der Waals surface area contributed by atoms with Gasteiger partial charge in [-0.1, -0.05) is 13.0 Å². The SMILES string of the molecule is CCOC(=O)C(=O)C(C)c1cccnc1. The van der Waals surface area contributed by atoms with Gasteiger partial charge in [0.1, 0.15) is 0 Å². The lowest BCUT2D eigenvalue weighted by atomic mass is 9.99. The highest BCUT2D eigenvalue weighted by atomic mass is 16.5. The number of aromatic nitrogens is 1. The molecule has 1 aromatic rings. The van der Waals surface area contributed by atoms with Crippen LogP contribution >= 0.6 is 0 Å². The van der Waals surface area contributed by atoms with Crippen molar-refractivity contribution in [3.8, 4) is 0 Å². The summed E-state index contributed by atoms with van der Waals surface area (Å²) in [5.41, 5.74) is 0.718. The maximum Gasteiger partial charge on any atom is 0.375 e. The minimum Gasteiger partial charge on any atom is -0.460 e. The number of ether oxygens (including phenoxy) is 1. The van der Waals surface area contributed by atoms with Crippen molar-refractivity contribution in [3.63, 3.8) is 0 Å². The van der Waals surface area contributed by atoms with Crippen molar-refractivity contribution >= 4 is 11.8 Å². The lowest BCUT2D eigenvalue weighted by molar-refractivity contribution is -0.154. The van der Waals surface area contributed by atoms with E-state index < -0.39 is 17.7 Å². The zero-order valence-corrected chi connectivity index (χ0v) is 8.77. The van der Waals surface area contributed by atoms with Crippen LogP contribution in [0.25, 0.3) is 0 Å². The van der Waals surface area contributed by atoms with Crippen LogP contribution in [-0.2, 0) is 14.3 Å². The van der Waals surface area contributed by atoms with Gasteiger partial charge in [-0.3, -0.25) is 9.78 Å².